The lowest BCUT2D eigenvalue weighted by Gasteiger charge is -2.43. The van der Waals surface area contributed by atoms with Crippen molar-refractivity contribution in [1.29, 1.82) is 0 Å². The smallest absolute Gasteiger partial charge is 0.410 e. The zero-order chi connectivity index (χ0) is 25.8. The molecule has 0 spiro atoms. The maximum absolute atomic E-state index is 14.4. The van der Waals surface area contributed by atoms with Crippen LogP contribution in [-0.4, -0.2) is 47.6 Å². The maximum atomic E-state index is 14.4. The normalized spacial score (nSPS) is 16.1. The molecule has 3 amide bonds. The molecule has 3 aromatic rings. The van der Waals surface area contributed by atoms with Gasteiger partial charge in [0, 0.05) is 37.2 Å². The molecule has 2 heterocycles. The number of urea groups is 1. The van der Waals surface area contributed by atoms with E-state index in [0.717, 1.165) is 16.8 Å². The van der Waals surface area contributed by atoms with Crippen LogP contribution in [0.2, 0.25) is 5.02 Å². The monoisotopic (exact) mass is 521 g/mol. The molecule has 0 radical (unpaired) electrons. The molecule has 3 aromatic carbocycles. The van der Waals surface area contributed by atoms with E-state index in [9.17, 15) is 14.0 Å². The van der Waals surface area contributed by atoms with Crippen LogP contribution in [0.25, 0.3) is 0 Å². The van der Waals surface area contributed by atoms with E-state index in [1.165, 1.54) is 6.07 Å². The molecule has 0 saturated carbocycles. The molecule has 2 aliphatic rings. The third-order valence-corrected chi connectivity index (χ3v) is 7.32. The molecule has 192 valence electrons. The molecule has 2 aliphatic heterocycles. The molecule has 6 nitrogen and oxygen atoms in total. The Labute approximate surface area is 221 Å². The van der Waals surface area contributed by atoms with Gasteiger partial charge in [-0.25, -0.2) is 14.0 Å². The summed E-state index contributed by atoms with van der Waals surface area (Å²) in [5, 5.41) is 0.349. The Kier molecular flexibility index (Phi) is 7.60. The van der Waals surface area contributed by atoms with Gasteiger partial charge in [0.1, 0.15) is 12.4 Å². The van der Waals surface area contributed by atoms with Gasteiger partial charge in [-0.1, -0.05) is 66.2 Å². The second-order valence-electron chi connectivity index (χ2n) is 9.43. The number of rotatable bonds is 6. The summed E-state index contributed by atoms with van der Waals surface area (Å²) in [6.45, 7) is 2.17. The highest BCUT2D eigenvalue weighted by atomic mass is 35.5. The predicted molar refractivity (Wildman–Crippen MR) is 141 cm³/mol. The molecule has 5 rings (SSSR count). The first-order valence-corrected chi connectivity index (χ1v) is 12.9. The summed E-state index contributed by atoms with van der Waals surface area (Å²) in [5.41, 5.74) is 3.39. The van der Waals surface area contributed by atoms with Crippen LogP contribution >= 0.6 is 11.6 Å². The highest BCUT2D eigenvalue weighted by Crippen LogP contribution is 2.32. The molecule has 0 atom stereocenters. The number of likely N-dealkylation sites (tertiary alicyclic amines) is 1. The van der Waals surface area contributed by atoms with Gasteiger partial charge in [0.25, 0.3) is 0 Å². The van der Waals surface area contributed by atoms with Crippen LogP contribution in [0.4, 0.5) is 19.7 Å². The fourth-order valence-electron chi connectivity index (χ4n) is 5.05. The standard InChI is InChI=1S/C29H29ClFN3O3/c30-24-11-10-22(26(31)18-24)12-17-33-27-9-5-4-8-23(27)19-34(28(33)35)25-13-15-32(16-14-25)29(36)37-20-21-6-2-1-3-7-21/h1-11,18,25H,12-17,19-20H2. The number of fused-ring (bicyclic) bond motifs is 1. The van der Waals surface area contributed by atoms with E-state index in [0.29, 0.717) is 56.0 Å². The zero-order valence-corrected chi connectivity index (χ0v) is 21.2. The second-order valence-corrected chi connectivity index (χ2v) is 9.87. The fourth-order valence-corrected chi connectivity index (χ4v) is 5.20. The average molecular weight is 522 g/mol. The van der Waals surface area contributed by atoms with Crippen molar-refractivity contribution in [2.75, 3.05) is 24.5 Å². The summed E-state index contributed by atoms with van der Waals surface area (Å²) in [6.07, 6.45) is 1.40. The fraction of sp³-hybridized carbons (Fsp3) is 0.310. The van der Waals surface area contributed by atoms with Gasteiger partial charge in [0.15, 0.2) is 0 Å². The average Bonchev–Trinajstić information content (AvgIpc) is 2.92. The number of carbonyl (C=O) groups is 2. The van der Waals surface area contributed by atoms with Crippen molar-refractivity contribution in [2.24, 2.45) is 0 Å². The van der Waals surface area contributed by atoms with Crippen molar-refractivity contribution < 1.29 is 18.7 Å². The first kappa shape index (κ1) is 25.1. The van der Waals surface area contributed by atoms with Crippen LogP contribution in [0, 0.1) is 5.82 Å². The van der Waals surface area contributed by atoms with Gasteiger partial charge in [0.05, 0.1) is 5.69 Å². The first-order chi connectivity index (χ1) is 18.0. The lowest BCUT2D eigenvalue weighted by Crippen LogP contribution is -2.55. The van der Waals surface area contributed by atoms with Crippen LogP contribution < -0.4 is 4.90 Å². The number of piperidine rings is 1. The number of para-hydroxylation sites is 1. The number of ether oxygens (including phenoxy) is 1. The molecule has 1 fully saturated rings. The molecular weight excluding hydrogens is 493 g/mol. The first-order valence-electron chi connectivity index (χ1n) is 12.5. The Bertz CT molecular complexity index is 1260. The Morgan fingerprint density at radius 1 is 1.00 bits per heavy atom. The van der Waals surface area contributed by atoms with E-state index in [1.54, 1.807) is 21.9 Å². The minimum absolute atomic E-state index is 0.00815. The van der Waals surface area contributed by atoms with Gasteiger partial charge in [0.2, 0.25) is 0 Å². The molecule has 0 aromatic heterocycles. The third-order valence-electron chi connectivity index (χ3n) is 7.09. The molecule has 0 unspecified atom stereocenters. The largest absolute Gasteiger partial charge is 0.445 e. The van der Waals surface area contributed by atoms with Crippen molar-refractivity contribution in [1.82, 2.24) is 9.80 Å². The minimum atomic E-state index is -0.367. The summed E-state index contributed by atoms with van der Waals surface area (Å²) in [4.78, 5) is 31.6. The van der Waals surface area contributed by atoms with Crippen molar-refractivity contribution >= 4 is 29.4 Å². The molecular formula is C29H29ClFN3O3. The van der Waals surface area contributed by atoms with E-state index in [2.05, 4.69) is 0 Å². The maximum Gasteiger partial charge on any atom is 0.410 e. The van der Waals surface area contributed by atoms with E-state index < -0.39 is 0 Å². The molecule has 37 heavy (non-hydrogen) atoms. The number of nitrogens with zero attached hydrogens (tertiary/aromatic N) is 3. The molecule has 0 aliphatic carbocycles. The number of hydrogen-bond donors (Lipinski definition) is 0. The van der Waals surface area contributed by atoms with Gasteiger partial charge < -0.3 is 14.5 Å². The lowest BCUT2D eigenvalue weighted by atomic mass is 10.00. The van der Waals surface area contributed by atoms with Crippen molar-refractivity contribution in [3.8, 4) is 0 Å². The topological polar surface area (TPSA) is 53.1 Å². The van der Waals surface area contributed by atoms with E-state index in [-0.39, 0.29) is 30.6 Å². The van der Waals surface area contributed by atoms with Crippen LogP contribution in [0.3, 0.4) is 0 Å². The Balaban J connectivity index is 1.22. The van der Waals surface area contributed by atoms with Crippen LogP contribution in [0.1, 0.15) is 29.5 Å². The SMILES string of the molecule is O=C(OCc1ccccc1)N1CCC(N2Cc3ccccc3N(CCc3ccc(Cl)cc3F)C2=O)CC1. The summed E-state index contributed by atoms with van der Waals surface area (Å²) in [5.74, 6) is -0.367. The molecule has 1 saturated heterocycles. The third kappa shape index (κ3) is 5.72. The van der Waals surface area contributed by atoms with Crippen molar-refractivity contribution in [3.63, 3.8) is 0 Å². The number of benzene rings is 3. The van der Waals surface area contributed by atoms with Crippen LogP contribution in [-0.2, 0) is 24.3 Å². The quantitative estimate of drug-likeness (QED) is 0.384. The van der Waals surface area contributed by atoms with Gasteiger partial charge in [-0.2, -0.15) is 0 Å². The minimum Gasteiger partial charge on any atom is -0.445 e. The van der Waals surface area contributed by atoms with Gasteiger partial charge in [-0.15, -0.1) is 0 Å². The van der Waals surface area contributed by atoms with Crippen molar-refractivity contribution in [2.45, 2.75) is 38.5 Å². The van der Waals surface area contributed by atoms with Crippen LogP contribution in [0.15, 0.2) is 72.8 Å². The lowest BCUT2D eigenvalue weighted by molar-refractivity contribution is 0.0727. The van der Waals surface area contributed by atoms with E-state index in [1.807, 2.05) is 59.5 Å². The van der Waals surface area contributed by atoms with Crippen molar-refractivity contribution in [3.05, 3.63) is 100 Å². The summed E-state index contributed by atoms with van der Waals surface area (Å²) < 4.78 is 19.9. The highest BCUT2D eigenvalue weighted by molar-refractivity contribution is 6.30. The Morgan fingerprint density at radius 2 is 1.73 bits per heavy atom. The number of carbonyl (C=O) groups excluding carboxylic acids is 2. The molecule has 0 N–H and O–H groups in total. The number of hydrogen-bond acceptors (Lipinski definition) is 3. The summed E-state index contributed by atoms with van der Waals surface area (Å²) in [7, 11) is 0. The summed E-state index contributed by atoms with van der Waals surface area (Å²) in [6, 6.07) is 22.0. The number of halogens is 2. The van der Waals surface area contributed by atoms with E-state index >= 15 is 0 Å². The Hall–Kier alpha value is -3.58. The zero-order valence-electron chi connectivity index (χ0n) is 20.5. The van der Waals surface area contributed by atoms with Gasteiger partial charge in [-0.3, -0.25) is 4.90 Å². The molecule has 0 bridgehead atoms. The van der Waals surface area contributed by atoms with Crippen LogP contribution in [0.5, 0.6) is 0 Å². The molecule has 8 heteroatoms. The predicted octanol–water partition coefficient (Wildman–Crippen LogP) is 6.27. The van der Waals surface area contributed by atoms with E-state index in [4.69, 9.17) is 16.3 Å². The van der Waals surface area contributed by atoms with Gasteiger partial charge in [-0.05, 0) is 54.2 Å². The number of amides is 3. The van der Waals surface area contributed by atoms with Gasteiger partial charge >= 0.3 is 12.1 Å². The highest BCUT2D eigenvalue weighted by Gasteiger charge is 2.36. The summed E-state index contributed by atoms with van der Waals surface area (Å²) >= 11 is 5.89. The number of anilines is 1. The second kappa shape index (κ2) is 11.2. The Morgan fingerprint density at radius 3 is 2.49 bits per heavy atom.